The van der Waals surface area contributed by atoms with E-state index < -0.39 is 23.3 Å². The lowest BCUT2D eigenvalue weighted by molar-refractivity contribution is -0.125. The normalized spacial score (nSPS) is 22.6. The maximum Gasteiger partial charge on any atom is 0.270 e. The first-order valence-electron chi connectivity index (χ1n) is 15.3. The highest BCUT2D eigenvalue weighted by molar-refractivity contribution is 7.22. The highest BCUT2D eigenvalue weighted by Crippen LogP contribution is 2.49. The fourth-order valence-electron chi connectivity index (χ4n) is 7.50. The number of amides is 1. The van der Waals surface area contributed by atoms with Gasteiger partial charge >= 0.3 is 0 Å². The zero-order valence-corrected chi connectivity index (χ0v) is 27.1. The molecule has 47 heavy (non-hydrogen) atoms. The first-order valence-corrected chi connectivity index (χ1v) is 16.5. The molecular weight excluding hydrogens is 651 g/mol. The van der Waals surface area contributed by atoms with Crippen molar-refractivity contribution < 1.29 is 22.7 Å². The van der Waals surface area contributed by atoms with E-state index in [-0.39, 0.29) is 72.5 Å². The average molecular weight is 682 g/mol. The number of ether oxygens (including phenoxy) is 1. The molecule has 3 aliphatic rings. The van der Waals surface area contributed by atoms with Crippen molar-refractivity contribution in [1.29, 1.82) is 0 Å². The van der Waals surface area contributed by atoms with E-state index in [1.165, 1.54) is 18.2 Å². The molecule has 0 bridgehead atoms. The van der Waals surface area contributed by atoms with Crippen molar-refractivity contribution >= 4 is 66.5 Å². The Morgan fingerprint density at radius 2 is 2.13 bits per heavy atom. The number of fused-ring (bicyclic) bond motifs is 3. The Bertz CT molecular complexity index is 2000. The Hall–Kier alpha value is -4.12. The van der Waals surface area contributed by atoms with Gasteiger partial charge in [-0.15, -0.1) is 0 Å². The molecule has 3 atom stereocenters. The highest BCUT2D eigenvalue weighted by atomic mass is 35.5. The average Bonchev–Trinajstić information content (AvgIpc) is 3.83. The maximum absolute atomic E-state index is 16.9. The molecule has 1 amide bonds. The summed E-state index contributed by atoms with van der Waals surface area (Å²) in [6.07, 6.45) is 2.82. The highest BCUT2D eigenvalue weighted by Gasteiger charge is 2.49. The van der Waals surface area contributed by atoms with E-state index in [0.717, 1.165) is 30.7 Å². The van der Waals surface area contributed by atoms with Gasteiger partial charge < -0.3 is 20.3 Å². The second-order valence-electron chi connectivity index (χ2n) is 12.4. The molecular formula is C33H31ClF3N7O2S. The van der Waals surface area contributed by atoms with Gasteiger partial charge in [-0.05, 0) is 50.1 Å². The van der Waals surface area contributed by atoms with Crippen molar-refractivity contribution in [1.82, 2.24) is 19.8 Å². The fourth-order valence-corrected chi connectivity index (χ4v) is 8.56. The molecule has 3 fully saturated rings. The van der Waals surface area contributed by atoms with Gasteiger partial charge in [0.25, 0.3) is 5.69 Å². The van der Waals surface area contributed by atoms with Crippen molar-refractivity contribution in [2.75, 3.05) is 50.5 Å². The van der Waals surface area contributed by atoms with Crippen LogP contribution in [0.2, 0.25) is 5.02 Å². The van der Waals surface area contributed by atoms with Crippen LogP contribution in [0.15, 0.2) is 30.9 Å². The quantitative estimate of drug-likeness (QED) is 0.170. The molecule has 3 saturated heterocycles. The zero-order chi connectivity index (χ0) is 33.2. The fraction of sp³-hybridized carbons (Fsp3) is 0.394. The monoisotopic (exact) mass is 681 g/mol. The zero-order valence-electron chi connectivity index (χ0n) is 25.5. The summed E-state index contributed by atoms with van der Waals surface area (Å²) in [5.41, 5.74) is 6.02. The number of nitrogen functional groups attached to an aromatic ring is 1. The van der Waals surface area contributed by atoms with Crippen LogP contribution in [0.3, 0.4) is 0 Å². The molecule has 7 rings (SSSR count). The number of benzene rings is 2. The Kier molecular flexibility index (Phi) is 7.93. The minimum Gasteiger partial charge on any atom is -0.484 e. The molecule has 4 aromatic rings. The molecule has 9 nitrogen and oxygen atoms in total. The number of rotatable bonds is 7. The summed E-state index contributed by atoms with van der Waals surface area (Å²) >= 11 is 7.76. The van der Waals surface area contributed by atoms with Crippen LogP contribution in [0.1, 0.15) is 25.7 Å². The summed E-state index contributed by atoms with van der Waals surface area (Å²) in [5, 5.41) is 0.393. The number of carbonyl (C=O) groups is 1. The van der Waals surface area contributed by atoms with Gasteiger partial charge in [-0.2, -0.15) is 0 Å². The first-order chi connectivity index (χ1) is 22.5. The number of carbonyl (C=O) groups excluding carboxylic acids is 1. The van der Waals surface area contributed by atoms with Crippen LogP contribution in [-0.4, -0.2) is 83.3 Å². The van der Waals surface area contributed by atoms with Crippen LogP contribution in [-0.2, 0) is 4.79 Å². The summed E-state index contributed by atoms with van der Waals surface area (Å²) in [7, 11) is 1.78. The number of likely N-dealkylation sites (N-methyl/N-ethyl adjacent to an activating group) is 1. The topological polar surface area (TPSA) is 92.2 Å². The SMILES string of the molecule is [C-]#[N+]c1c(OC[C@@]23CCCN2C[C@H](F)C3)nc2c(F)c(-c3ccc(F)c4sc(N)nc34)c(Cl)cc2c1N(C)[C@@H]1CCN(C(=O)C=C)C1. The minimum absolute atomic E-state index is 0.00541. The van der Waals surface area contributed by atoms with Crippen molar-refractivity contribution in [2.45, 2.75) is 43.4 Å². The van der Waals surface area contributed by atoms with Gasteiger partial charge in [-0.25, -0.2) is 28.0 Å². The van der Waals surface area contributed by atoms with Gasteiger partial charge in [0.05, 0.1) is 33.0 Å². The second kappa shape index (κ2) is 11.8. The largest absolute Gasteiger partial charge is 0.484 e. The molecule has 244 valence electrons. The van der Waals surface area contributed by atoms with Crippen LogP contribution in [0, 0.1) is 18.2 Å². The summed E-state index contributed by atoms with van der Waals surface area (Å²) in [6, 6.07) is 3.93. The summed E-state index contributed by atoms with van der Waals surface area (Å²) in [5.74, 6) is -1.63. The number of nitrogens with two attached hydrogens (primary N) is 1. The lowest BCUT2D eigenvalue weighted by Gasteiger charge is -2.32. The predicted octanol–water partition coefficient (Wildman–Crippen LogP) is 6.75. The van der Waals surface area contributed by atoms with E-state index in [2.05, 4.69) is 26.3 Å². The number of aromatic nitrogens is 2. The predicted molar refractivity (Wildman–Crippen MR) is 178 cm³/mol. The molecule has 0 spiro atoms. The van der Waals surface area contributed by atoms with Crippen LogP contribution >= 0.6 is 22.9 Å². The van der Waals surface area contributed by atoms with Gasteiger partial charge in [0, 0.05) is 55.7 Å². The van der Waals surface area contributed by atoms with Crippen LogP contribution < -0.4 is 15.4 Å². The first kappa shape index (κ1) is 31.5. The lowest BCUT2D eigenvalue weighted by atomic mass is 9.95. The molecule has 14 heteroatoms. The number of nitrogens with zero attached hydrogens (tertiary/aromatic N) is 6. The molecule has 3 aliphatic heterocycles. The minimum atomic E-state index is -0.983. The van der Waals surface area contributed by atoms with Crippen molar-refractivity contribution in [3.8, 4) is 17.0 Å². The summed E-state index contributed by atoms with van der Waals surface area (Å²) < 4.78 is 52.6. The Morgan fingerprint density at radius 1 is 1.32 bits per heavy atom. The number of halogens is 4. The van der Waals surface area contributed by atoms with Gasteiger partial charge in [0.2, 0.25) is 11.8 Å². The molecule has 5 heterocycles. The van der Waals surface area contributed by atoms with Crippen LogP contribution in [0.5, 0.6) is 5.88 Å². The molecule has 0 radical (unpaired) electrons. The number of thiazole rings is 1. The Labute approximate surface area is 278 Å². The van der Waals surface area contributed by atoms with E-state index in [9.17, 15) is 13.6 Å². The number of hydrogen-bond acceptors (Lipinski definition) is 8. The summed E-state index contributed by atoms with van der Waals surface area (Å²) in [6.45, 7) is 13.8. The van der Waals surface area contributed by atoms with E-state index in [1.54, 1.807) is 18.0 Å². The van der Waals surface area contributed by atoms with Crippen molar-refractivity contribution in [3.05, 3.63) is 58.9 Å². The summed E-state index contributed by atoms with van der Waals surface area (Å²) in [4.78, 5) is 30.7. The third-order valence-electron chi connectivity index (χ3n) is 9.77. The Balaban J connectivity index is 1.40. The van der Waals surface area contributed by atoms with Crippen molar-refractivity contribution in [3.63, 3.8) is 0 Å². The number of likely N-dealkylation sites (tertiary alicyclic amines) is 1. The number of hydrogen-bond donors (Lipinski definition) is 1. The van der Waals surface area contributed by atoms with E-state index >= 15 is 4.39 Å². The van der Waals surface area contributed by atoms with Gasteiger partial charge in [0.1, 0.15) is 24.1 Å². The lowest BCUT2D eigenvalue weighted by Crippen LogP contribution is -2.43. The molecule has 2 N–H and O–H groups in total. The van der Waals surface area contributed by atoms with E-state index in [1.807, 2.05) is 4.90 Å². The Morgan fingerprint density at radius 3 is 2.89 bits per heavy atom. The second-order valence-corrected chi connectivity index (χ2v) is 13.8. The van der Waals surface area contributed by atoms with E-state index in [4.69, 9.17) is 28.6 Å². The third kappa shape index (κ3) is 5.14. The molecule has 0 unspecified atom stereocenters. The van der Waals surface area contributed by atoms with E-state index in [0.29, 0.717) is 38.2 Å². The van der Waals surface area contributed by atoms with Crippen LogP contribution in [0.25, 0.3) is 37.1 Å². The van der Waals surface area contributed by atoms with Gasteiger partial charge in [-0.3, -0.25) is 9.69 Å². The number of pyridine rings is 1. The smallest absolute Gasteiger partial charge is 0.270 e. The molecule has 2 aromatic heterocycles. The standard InChI is InChI=1S/C33H31ClF3N7O2S/c1-4-23(45)43-11-8-18(15-43)42(3)29-20-12-21(34)24(19-6-7-22(36)30-27(19)41-32(38)47-30)25(37)26(20)40-31(28(29)39-2)46-16-33-9-5-10-44(33)14-17(35)13-33/h4,6-7,12,17-18H,1,5,8-11,13-16H2,3H3,(H2,38,41)/t17-,18-,33+/m1/s1. The number of alkyl halides is 1. The van der Waals surface area contributed by atoms with Gasteiger partial charge in [0.15, 0.2) is 10.9 Å². The maximum atomic E-state index is 16.9. The molecule has 0 saturated carbocycles. The van der Waals surface area contributed by atoms with Crippen LogP contribution in [0.4, 0.5) is 29.7 Å². The third-order valence-corrected chi connectivity index (χ3v) is 11.0. The van der Waals surface area contributed by atoms with Gasteiger partial charge in [-0.1, -0.05) is 29.5 Å². The molecule has 2 aromatic carbocycles. The van der Waals surface area contributed by atoms with Crippen molar-refractivity contribution in [2.24, 2.45) is 0 Å². The number of anilines is 2. The molecule has 0 aliphatic carbocycles.